The van der Waals surface area contributed by atoms with Crippen LogP contribution in [0.1, 0.15) is 5.56 Å². The van der Waals surface area contributed by atoms with E-state index in [1.807, 2.05) is 30.3 Å². The van der Waals surface area contributed by atoms with Crippen molar-refractivity contribution in [3.63, 3.8) is 0 Å². The van der Waals surface area contributed by atoms with Crippen LogP contribution < -0.4 is 0 Å². The van der Waals surface area contributed by atoms with Crippen LogP contribution in [0, 0.1) is 0 Å². The molecule has 0 unspecified atom stereocenters. The molecule has 0 atom stereocenters. The van der Waals surface area contributed by atoms with Crippen molar-refractivity contribution in [1.82, 2.24) is 0 Å². The maximum absolute atomic E-state index is 11.1. The molecule has 0 amide bonds. The Morgan fingerprint density at radius 1 is 1.20 bits per heavy atom. The zero-order valence-electron chi connectivity index (χ0n) is 8.90. The highest BCUT2D eigenvalue weighted by Crippen LogP contribution is 2.05. The molecule has 15 heavy (non-hydrogen) atoms. The minimum absolute atomic E-state index is 0.237. The van der Waals surface area contributed by atoms with Gasteiger partial charge in [-0.3, -0.25) is 0 Å². The van der Waals surface area contributed by atoms with E-state index in [9.17, 15) is 4.79 Å². The second kappa shape index (κ2) is 5.86. The first kappa shape index (κ1) is 11.3. The number of hydrogen-bond donors (Lipinski definition) is 0. The fraction of sp³-hybridized carbons (Fsp3) is 0.250. The molecular formula is C12H14O3. The van der Waals surface area contributed by atoms with Crippen LogP contribution in [0.4, 0.5) is 0 Å². The molecule has 0 spiro atoms. The lowest BCUT2D eigenvalue weighted by Crippen LogP contribution is -2.06. The van der Waals surface area contributed by atoms with Gasteiger partial charge in [0.15, 0.2) is 0 Å². The summed E-state index contributed by atoms with van der Waals surface area (Å²) in [6.45, 7) is 0. The molecule has 0 saturated heterocycles. The van der Waals surface area contributed by atoms with Crippen molar-refractivity contribution in [2.24, 2.45) is 0 Å². The van der Waals surface area contributed by atoms with Gasteiger partial charge in [-0.1, -0.05) is 30.3 Å². The summed E-state index contributed by atoms with van der Waals surface area (Å²) in [7, 11) is 2.78. The molecule has 0 saturated carbocycles. The fourth-order valence-corrected chi connectivity index (χ4v) is 1.18. The van der Waals surface area contributed by atoms with Gasteiger partial charge >= 0.3 is 5.97 Å². The van der Waals surface area contributed by atoms with Crippen LogP contribution in [-0.2, 0) is 20.7 Å². The van der Waals surface area contributed by atoms with Crippen LogP contribution in [0.3, 0.4) is 0 Å². The van der Waals surface area contributed by atoms with Crippen LogP contribution in [0.15, 0.2) is 42.2 Å². The standard InChI is InChI=1S/C12H14O3/c1-14-11(12(13)15-2)9-8-10-6-4-3-5-7-10/h3-7,9H,8H2,1-2H3/b11-9+. The lowest BCUT2D eigenvalue weighted by molar-refractivity contribution is -0.139. The second-order valence-electron chi connectivity index (χ2n) is 2.95. The van der Waals surface area contributed by atoms with Gasteiger partial charge < -0.3 is 9.47 Å². The van der Waals surface area contributed by atoms with Crippen LogP contribution in [0.2, 0.25) is 0 Å². The summed E-state index contributed by atoms with van der Waals surface area (Å²) >= 11 is 0. The third-order valence-electron chi connectivity index (χ3n) is 1.97. The van der Waals surface area contributed by atoms with E-state index in [1.165, 1.54) is 14.2 Å². The third kappa shape index (κ3) is 3.46. The van der Waals surface area contributed by atoms with E-state index in [-0.39, 0.29) is 5.76 Å². The Bertz CT molecular complexity index is 341. The summed E-state index contributed by atoms with van der Waals surface area (Å²) in [6, 6.07) is 9.83. The molecule has 0 fully saturated rings. The van der Waals surface area contributed by atoms with Gasteiger partial charge in [-0.2, -0.15) is 0 Å². The maximum atomic E-state index is 11.1. The monoisotopic (exact) mass is 206 g/mol. The molecule has 0 bridgehead atoms. The molecule has 80 valence electrons. The Labute approximate surface area is 89.3 Å². The van der Waals surface area contributed by atoms with Crippen molar-refractivity contribution in [3.8, 4) is 0 Å². The summed E-state index contributed by atoms with van der Waals surface area (Å²) in [4.78, 5) is 11.1. The zero-order chi connectivity index (χ0) is 11.1. The number of benzene rings is 1. The Hall–Kier alpha value is -1.77. The van der Waals surface area contributed by atoms with Gasteiger partial charge in [0.1, 0.15) is 0 Å². The first-order chi connectivity index (χ1) is 7.27. The quantitative estimate of drug-likeness (QED) is 0.429. The maximum Gasteiger partial charge on any atom is 0.372 e. The number of carbonyl (C=O) groups is 1. The van der Waals surface area contributed by atoms with E-state index in [2.05, 4.69) is 4.74 Å². The van der Waals surface area contributed by atoms with Crippen LogP contribution in [0.5, 0.6) is 0 Å². The van der Waals surface area contributed by atoms with Gasteiger partial charge in [0.2, 0.25) is 5.76 Å². The predicted octanol–water partition coefficient (Wildman–Crippen LogP) is 1.93. The third-order valence-corrected chi connectivity index (χ3v) is 1.97. The van der Waals surface area contributed by atoms with Crippen LogP contribution in [-0.4, -0.2) is 20.2 Å². The molecule has 3 heteroatoms. The highest BCUT2D eigenvalue weighted by Gasteiger charge is 2.08. The van der Waals surface area contributed by atoms with Crippen molar-refractivity contribution in [2.75, 3.05) is 14.2 Å². The second-order valence-corrected chi connectivity index (χ2v) is 2.95. The van der Waals surface area contributed by atoms with Gasteiger partial charge in [0.25, 0.3) is 0 Å². The zero-order valence-corrected chi connectivity index (χ0v) is 8.90. The average molecular weight is 206 g/mol. The van der Waals surface area contributed by atoms with Crippen molar-refractivity contribution < 1.29 is 14.3 Å². The predicted molar refractivity (Wildman–Crippen MR) is 57.3 cm³/mol. The Morgan fingerprint density at radius 2 is 1.87 bits per heavy atom. The van der Waals surface area contributed by atoms with E-state index in [0.29, 0.717) is 6.42 Å². The molecule has 1 rings (SSSR count). The van der Waals surface area contributed by atoms with Crippen LogP contribution in [0.25, 0.3) is 0 Å². The van der Waals surface area contributed by atoms with Crippen molar-refractivity contribution in [2.45, 2.75) is 6.42 Å². The van der Waals surface area contributed by atoms with Gasteiger partial charge in [0.05, 0.1) is 14.2 Å². The number of allylic oxidation sites excluding steroid dienone is 1. The summed E-state index contributed by atoms with van der Waals surface area (Å²) in [5.74, 6) is -0.213. The summed E-state index contributed by atoms with van der Waals surface area (Å²) in [6.07, 6.45) is 2.36. The van der Waals surface area contributed by atoms with Gasteiger partial charge in [0, 0.05) is 0 Å². The molecule has 0 aromatic heterocycles. The lowest BCUT2D eigenvalue weighted by Gasteiger charge is -2.03. The Balaban J connectivity index is 2.67. The SMILES string of the molecule is COC(=O)/C(=C\Cc1ccccc1)OC. The van der Waals surface area contributed by atoms with Crippen molar-refractivity contribution in [1.29, 1.82) is 0 Å². The molecule has 0 heterocycles. The number of ether oxygens (including phenoxy) is 2. The van der Waals surface area contributed by atoms with Crippen molar-refractivity contribution >= 4 is 5.97 Å². The number of hydrogen-bond acceptors (Lipinski definition) is 3. The van der Waals surface area contributed by atoms with E-state index < -0.39 is 5.97 Å². The number of methoxy groups -OCH3 is 2. The first-order valence-corrected chi connectivity index (χ1v) is 4.64. The summed E-state index contributed by atoms with van der Waals surface area (Å²) in [5, 5.41) is 0. The summed E-state index contributed by atoms with van der Waals surface area (Å²) < 4.78 is 9.47. The molecule has 1 aromatic rings. The van der Waals surface area contributed by atoms with E-state index >= 15 is 0 Å². The normalized spacial score (nSPS) is 10.9. The lowest BCUT2D eigenvalue weighted by atomic mass is 10.1. The van der Waals surface area contributed by atoms with E-state index in [0.717, 1.165) is 5.56 Å². The molecule has 0 aliphatic rings. The molecule has 0 aliphatic heterocycles. The van der Waals surface area contributed by atoms with Gasteiger partial charge in [-0.15, -0.1) is 0 Å². The molecule has 1 aromatic carbocycles. The fourth-order valence-electron chi connectivity index (χ4n) is 1.18. The largest absolute Gasteiger partial charge is 0.490 e. The average Bonchev–Trinajstić information content (AvgIpc) is 2.31. The van der Waals surface area contributed by atoms with Crippen LogP contribution >= 0.6 is 0 Å². The highest BCUT2D eigenvalue weighted by molar-refractivity contribution is 5.86. The Morgan fingerprint density at radius 3 is 2.40 bits per heavy atom. The topological polar surface area (TPSA) is 35.5 Å². The van der Waals surface area contributed by atoms with Gasteiger partial charge in [-0.05, 0) is 18.1 Å². The Kier molecular flexibility index (Phi) is 4.41. The van der Waals surface area contributed by atoms with E-state index in [4.69, 9.17) is 4.74 Å². The van der Waals surface area contributed by atoms with Gasteiger partial charge in [-0.25, -0.2) is 4.79 Å². The molecular weight excluding hydrogens is 192 g/mol. The minimum Gasteiger partial charge on any atom is -0.490 e. The molecule has 3 nitrogen and oxygen atoms in total. The molecule has 0 aliphatic carbocycles. The minimum atomic E-state index is -0.451. The number of carbonyl (C=O) groups excluding carboxylic acids is 1. The summed E-state index contributed by atoms with van der Waals surface area (Å²) in [5.41, 5.74) is 1.12. The van der Waals surface area contributed by atoms with Crippen molar-refractivity contribution in [3.05, 3.63) is 47.7 Å². The van der Waals surface area contributed by atoms with E-state index in [1.54, 1.807) is 6.08 Å². The molecule has 0 N–H and O–H groups in total. The smallest absolute Gasteiger partial charge is 0.372 e. The number of rotatable bonds is 4. The number of esters is 1. The highest BCUT2D eigenvalue weighted by atomic mass is 16.6. The molecule has 0 radical (unpaired) electrons. The first-order valence-electron chi connectivity index (χ1n) is 4.64.